The molecule has 0 saturated heterocycles. The first kappa shape index (κ1) is 17.0. The number of phenols is 1. The van der Waals surface area contributed by atoms with Crippen LogP contribution in [0, 0.1) is 5.41 Å². The number of nitrogens with two attached hydrogens (primary N) is 1. The molecule has 0 amide bonds. The summed E-state index contributed by atoms with van der Waals surface area (Å²) in [5.41, 5.74) is 13.1. The van der Waals surface area contributed by atoms with Gasteiger partial charge >= 0.3 is 0 Å². The molecule has 2 aromatic rings. The van der Waals surface area contributed by atoms with Crippen LogP contribution >= 0.6 is 0 Å². The third kappa shape index (κ3) is 2.56. The molecular weight excluding hydrogens is 334 g/mol. The van der Waals surface area contributed by atoms with Crippen LogP contribution in [0.25, 0.3) is 0 Å². The molecule has 3 heteroatoms. The second-order valence-electron chi connectivity index (χ2n) is 8.77. The highest BCUT2D eigenvalue weighted by molar-refractivity contribution is 5.52. The summed E-state index contributed by atoms with van der Waals surface area (Å²) in [5.74, 6) is 0.318. The number of aryl methyl sites for hydroxylation is 1. The van der Waals surface area contributed by atoms with Gasteiger partial charge < -0.3 is 15.9 Å². The van der Waals surface area contributed by atoms with Gasteiger partial charge in [0.05, 0.1) is 11.6 Å². The minimum Gasteiger partial charge on any atom is -0.508 e. The van der Waals surface area contributed by atoms with Crippen molar-refractivity contribution in [1.29, 1.82) is 0 Å². The maximum atomic E-state index is 10.6. The molecule has 1 saturated carbocycles. The van der Waals surface area contributed by atoms with Crippen LogP contribution in [0.2, 0.25) is 0 Å². The first-order chi connectivity index (χ1) is 13.0. The molecule has 0 aliphatic heterocycles. The average molecular weight is 361 g/mol. The Morgan fingerprint density at radius 1 is 1.00 bits per heavy atom. The van der Waals surface area contributed by atoms with E-state index in [1.54, 1.807) is 6.07 Å². The largest absolute Gasteiger partial charge is 0.508 e. The molecule has 0 heterocycles. The number of phenolic OH excluding ortho intramolecular Hbond substituents is 1. The Morgan fingerprint density at radius 3 is 2.63 bits per heavy atom. The summed E-state index contributed by atoms with van der Waals surface area (Å²) in [4.78, 5) is 0. The monoisotopic (exact) mass is 361 g/mol. The van der Waals surface area contributed by atoms with Crippen molar-refractivity contribution < 1.29 is 10.2 Å². The molecule has 3 nitrogen and oxygen atoms in total. The smallest absolute Gasteiger partial charge is 0.115 e. The van der Waals surface area contributed by atoms with Gasteiger partial charge in [-0.1, -0.05) is 42.0 Å². The van der Waals surface area contributed by atoms with E-state index in [0.29, 0.717) is 5.75 Å². The van der Waals surface area contributed by atoms with Crippen LogP contribution in [0.3, 0.4) is 0 Å². The van der Waals surface area contributed by atoms with Crippen molar-refractivity contribution in [1.82, 2.24) is 0 Å². The number of aliphatic hydroxyl groups is 1. The second-order valence-corrected chi connectivity index (χ2v) is 8.77. The predicted molar refractivity (Wildman–Crippen MR) is 106 cm³/mol. The standard InChI is InChI=1S/C24H27NO2/c25-24-11-10-23(14-16-4-2-1-3-5-16)15-19(27)13-22(23)21(24)8-6-17-12-18(26)7-9-20(17)24/h1-5,7,9,12,19,26-27H,6,8,10-11,13-15,25H2/t19-,23?,24+/m1/s1. The fourth-order valence-electron chi connectivity index (χ4n) is 6.06. The lowest BCUT2D eigenvalue weighted by Crippen LogP contribution is -2.48. The number of benzene rings is 2. The van der Waals surface area contributed by atoms with Gasteiger partial charge in [0.1, 0.15) is 5.75 Å². The normalized spacial score (nSPS) is 32.0. The Bertz CT molecular complexity index is 919. The van der Waals surface area contributed by atoms with E-state index < -0.39 is 5.54 Å². The molecule has 3 aliphatic carbocycles. The topological polar surface area (TPSA) is 66.5 Å². The minimum absolute atomic E-state index is 0.0490. The molecule has 0 bridgehead atoms. The highest BCUT2D eigenvalue weighted by Gasteiger charge is 2.52. The van der Waals surface area contributed by atoms with E-state index >= 15 is 0 Å². The molecule has 4 N–H and O–H groups in total. The summed E-state index contributed by atoms with van der Waals surface area (Å²) < 4.78 is 0. The molecule has 3 atom stereocenters. The zero-order valence-corrected chi connectivity index (χ0v) is 15.6. The van der Waals surface area contributed by atoms with Gasteiger partial charge in [-0.05, 0) is 84.8 Å². The molecule has 0 spiro atoms. The van der Waals surface area contributed by atoms with Crippen LogP contribution in [0.15, 0.2) is 59.7 Å². The predicted octanol–water partition coefficient (Wildman–Crippen LogP) is 3.97. The van der Waals surface area contributed by atoms with E-state index in [1.807, 2.05) is 12.1 Å². The third-order valence-electron chi connectivity index (χ3n) is 7.21. The molecule has 2 aromatic carbocycles. The Morgan fingerprint density at radius 2 is 1.81 bits per heavy atom. The molecule has 1 unspecified atom stereocenters. The minimum atomic E-state index is -0.444. The summed E-state index contributed by atoms with van der Waals surface area (Å²) in [5, 5.41) is 20.5. The molecule has 1 fully saturated rings. The van der Waals surface area contributed by atoms with Crippen LogP contribution in [-0.2, 0) is 18.4 Å². The van der Waals surface area contributed by atoms with Crippen molar-refractivity contribution >= 4 is 0 Å². The number of hydrogen-bond donors (Lipinski definition) is 3. The number of aromatic hydroxyl groups is 1. The summed E-state index contributed by atoms with van der Waals surface area (Å²) in [7, 11) is 0. The maximum Gasteiger partial charge on any atom is 0.115 e. The van der Waals surface area contributed by atoms with Crippen LogP contribution < -0.4 is 5.73 Å². The van der Waals surface area contributed by atoms with Crippen molar-refractivity contribution in [2.24, 2.45) is 11.1 Å². The van der Waals surface area contributed by atoms with E-state index in [9.17, 15) is 10.2 Å². The van der Waals surface area contributed by atoms with Gasteiger partial charge in [0, 0.05) is 0 Å². The van der Waals surface area contributed by atoms with E-state index in [4.69, 9.17) is 5.73 Å². The third-order valence-corrected chi connectivity index (χ3v) is 7.21. The Labute approximate surface area is 160 Å². The highest BCUT2D eigenvalue weighted by Crippen LogP contribution is 2.59. The summed E-state index contributed by atoms with van der Waals surface area (Å²) in [6.45, 7) is 0. The van der Waals surface area contributed by atoms with Crippen LogP contribution in [0.4, 0.5) is 0 Å². The number of fused-ring (bicyclic) bond motifs is 4. The van der Waals surface area contributed by atoms with E-state index in [-0.39, 0.29) is 11.5 Å². The van der Waals surface area contributed by atoms with Crippen molar-refractivity contribution in [2.45, 2.75) is 56.6 Å². The SMILES string of the molecule is N[C@]12CCC3(Cc4ccccc4)C[C@H](O)CC3=C1CCc1cc(O)ccc12. The van der Waals surface area contributed by atoms with Crippen molar-refractivity contribution in [3.8, 4) is 5.75 Å². The zero-order valence-electron chi connectivity index (χ0n) is 15.6. The lowest BCUT2D eigenvalue weighted by molar-refractivity contribution is 0.149. The number of aliphatic hydroxyl groups excluding tert-OH is 1. The van der Waals surface area contributed by atoms with Gasteiger partial charge in [-0.2, -0.15) is 0 Å². The highest BCUT2D eigenvalue weighted by atomic mass is 16.3. The van der Waals surface area contributed by atoms with Gasteiger partial charge in [0.2, 0.25) is 0 Å². The van der Waals surface area contributed by atoms with Crippen molar-refractivity contribution in [3.63, 3.8) is 0 Å². The second kappa shape index (κ2) is 5.95. The van der Waals surface area contributed by atoms with E-state index in [2.05, 4.69) is 30.3 Å². The van der Waals surface area contributed by atoms with E-state index in [1.165, 1.54) is 27.8 Å². The van der Waals surface area contributed by atoms with Crippen LogP contribution in [-0.4, -0.2) is 16.3 Å². The number of hydrogen-bond acceptors (Lipinski definition) is 3. The molecule has 27 heavy (non-hydrogen) atoms. The molecule has 5 rings (SSSR count). The number of rotatable bonds is 2. The lowest BCUT2D eigenvalue weighted by Gasteiger charge is -2.49. The Kier molecular flexibility index (Phi) is 3.75. The Hall–Kier alpha value is -2.10. The fraction of sp³-hybridized carbons (Fsp3) is 0.417. The summed E-state index contributed by atoms with van der Waals surface area (Å²) in [6, 6.07) is 16.3. The van der Waals surface area contributed by atoms with Gasteiger partial charge in [0.15, 0.2) is 0 Å². The van der Waals surface area contributed by atoms with Gasteiger partial charge in [-0.3, -0.25) is 0 Å². The van der Waals surface area contributed by atoms with Crippen LogP contribution in [0.5, 0.6) is 5.75 Å². The first-order valence-electron chi connectivity index (χ1n) is 10.1. The average Bonchev–Trinajstić information content (AvgIpc) is 2.98. The van der Waals surface area contributed by atoms with Crippen molar-refractivity contribution in [2.75, 3.05) is 0 Å². The quantitative estimate of drug-likeness (QED) is 0.709. The van der Waals surface area contributed by atoms with Crippen LogP contribution in [0.1, 0.15) is 48.8 Å². The molecule has 3 aliphatic rings. The molecule has 0 aromatic heterocycles. The maximum absolute atomic E-state index is 10.6. The fourth-order valence-corrected chi connectivity index (χ4v) is 6.06. The molecule has 0 radical (unpaired) electrons. The van der Waals surface area contributed by atoms with Gasteiger partial charge in [-0.15, -0.1) is 0 Å². The summed E-state index contributed by atoms with van der Waals surface area (Å²) in [6.07, 6.45) is 6.10. The molecular formula is C24H27NO2. The lowest BCUT2D eigenvalue weighted by atomic mass is 9.58. The van der Waals surface area contributed by atoms with E-state index in [0.717, 1.165) is 44.9 Å². The van der Waals surface area contributed by atoms with Crippen molar-refractivity contribution in [3.05, 3.63) is 76.4 Å². The zero-order chi connectivity index (χ0) is 18.6. The van der Waals surface area contributed by atoms with Gasteiger partial charge in [-0.25, -0.2) is 0 Å². The molecule has 140 valence electrons. The van der Waals surface area contributed by atoms with Gasteiger partial charge in [0.25, 0.3) is 0 Å². The summed E-state index contributed by atoms with van der Waals surface area (Å²) >= 11 is 0. The Balaban J connectivity index is 1.62. The first-order valence-corrected chi connectivity index (χ1v) is 10.1.